The zero-order valence-electron chi connectivity index (χ0n) is 23.6. The van der Waals surface area contributed by atoms with Crippen molar-refractivity contribution in [3.63, 3.8) is 0 Å². The number of nitrogens with zero attached hydrogens (tertiary/aromatic N) is 4. The standard InChI is InChI=1S/C33H33N5O4/c1-2-3-18-41-33(40)38-16-14-37(15-17-38)22-23-12-13-24-20-31(42-30(24)19-23)25-8-4-5-9-26(25)36-32(39)29-21-34-27-10-6-7-11-28(27)35-29/h4-13,19-21H,2-3,14-18,22H2,1H3,(H,36,39). The van der Waals surface area contributed by atoms with Crippen molar-refractivity contribution in [1.82, 2.24) is 19.8 Å². The average Bonchev–Trinajstić information content (AvgIpc) is 3.45. The highest BCUT2D eigenvalue weighted by Crippen LogP contribution is 2.33. The summed E-state index contributed by atoms with van der Waals surface area (Å²) in [6.07, 6.45) is 3.17. The summed E-state index contributed by atoms with van der Waals surface area (Å²) in [7, 11) is 0. The number of benzene rings is 3. The number of anilines is 1. The minimum atomic E-state index is -0.339. The summed E-state index contributed by atoms with van der Waals surface area (Å²) in [4.78, 5) is 38.3. The highest BCUT2D eigenvalue weighted by molar-refractivity contribution is 6.05. The third kappa shape index (κ3) is 6.11. The molecule has 9 nitrogen and oxygen atoms in total. The van der Waals surface area contributed by atoms with Gasteiger partial charge in [-0.15, -0.1) is 0 Å². The lowest BCUT2D eigenvalue weighted by Crippen LogP contribution is -2.48. The van der Waals surface area contributed by atoms with Crippen LogP contribution in [0.5, 0.6) is 0 Å². The van der Waals surface area contributed by atoms with Gasteiger partial charge in [-0.3, -0.25) is 14.7 Å². The highest BCUT2D eigenvalue weighted by Gasteiger charge is 2.22. The van der Waals surface area contributed by atoms with Crippen LogP contribution >= 0.6 is 0 Å². The first kappa shape index (κ1) is 27.4. The molecule has 6 rings (SSSR count). The van der Waals surface area contributed by atoms with Gasteiger partial charge in [0, 0.05) is 43.7 Å². The van der Waals surface area contributed by atoms with E-state index in [2.05, 4.69) is 45.3 Å². The maximum atomic E-state index is 13.1. The fourth-order valence-electron chi connectivity index (χ4n) is 5.11. The molecule has 0 radical (unpaired) electrons. The Labute approximate surface area is 244 Å². The first-order valence-corrected chi connectivity index (χ1v) is 14.4. The number of carbonyl (C=O) groups is 2. The van der Waals surface area contributed by atoms with E-state index in [-0.39, 0.29) is 17.7 Å². The average molecular weight is 564 g/mol. The van der Waals surface area contributed by atoms with Crippen molar-refractivity contribution in [3.8, 4) is 11.3 Å². The number of ether oxygens (including phenoxy) is 1. The monoisotopic (exact) mass is 563 g/mol. The SMILES string of the molecule is CCCCOC(=O)N1CCN(Cc2ccc3cc(-c4ccccc4NC(=O)c4cnc5ccccc5n4)oc3c2)CC1. The number of para-hydroxylation sites is 3. The molecule has 1 saturated heterocycles. The van der Waals surface area contributed by atoms with Crippen LogP contribution in [-0.2, 0) is 11.3 Å². The Morgan fingerprint density at radius 1 is 0.952 bits per heavy atom. The summed E-state index contributed by atoms with van der Waals surface area (Å²) in [5, 5.41) is 3.96. The number of piperazine rings is 1. The first-order valence-electron chi connectivity index (χ1n) is 14.4. The number of hydrogen-bond donors (Lipinski definition) is 1. The molecule has 0 unspecified atom stereocenters. The van der Waals surface area contributed by atoms with Crippen molar-refractivity contribution in [2.45, 2.75) is 26.3 Å². The van der Waals surface area contributed by atoms with Crippen molar-refractivity contribution in [1.29, 1.82) is 0 Å². The van der Waals surface area contributed by atoms with E-state index in [1.54, 1.807) is 4.90 Å². The molecule has 0 spiro atoms. The summed E-state index contributed by atoms with van der Waals surface area (Å²) in [5.41, 5.74) is 4.97. The number of furan rings is 1. The lowest BCUT2D eigenvalue weighted by atomic mass is 10.1. The Hall–Kier alpha value is -4.76. The first-order chi connectivity index (χ1) is 20.6. The lowest BCUT2D eigenvalue weighted by molar-refractivity contribution is 0.0737. The number of rotatable bonds is 8. The maximum absolute atomic E-state index is 13.1. The largest absolute Gasteiger partial charge is 0.456 e. The minimum absolute atomic E-state index is 0.214. The number of hydrogen-bond acceptors (Lipinski definition) is 7. The van der Waals surface area contributed by atoms with Crippen molar-refractivity contribution >= 4 is 39.7 Å². The third-order valence-electron chi connectivity index (χ3n) is 7.47. The molecule has 2 aromatic heterocycles. The molecule has 1 aliphatic heterocycles. The van der Waals surface area contributed by atoms with Gasteiger partial charge in [0.1, 0.15) is 17.0 Å². The van der Waals surface area contributed by atoms with Crippen molar-refractivity contribution in [2.24, 2.45) is 0 Å². The predicted molar refractivity (Wildman–Crippen MR) is 162 cm³/mol. The van der Waals surface area contributed by atoms with Gasteiger partial charge in [0.2, 0.25) is 0 Å². The molecular formula is C33H33N5O4. The van der Waals surface area contributed by atoms with Crippen LogP contribution in [0.4, 0.5) is 10.5 Å². The molecule has 0 atom stereocenters. The van der Waals surface area contributed by atoms with Crippen LogP contribution in [0.15, 0.2) is 83.4 Å². The van der Waals surface area contributed by atoms with Gasteiger partial charge >= 0.3 is 6.09 Å². The van der Waals surface area contributed by atoms with Gasteiger partial charge in [-0.25, -0.2) is 9.78 Å². The molecule has 9 heteroatoms. The number of aromatic nitrogens is 2. The Morgan fingerprint density at radius 2 is 1.74 bits per heavy atom. The fourth-order valence-corrected chi connectivity index (χ4v) is 5.11. The summed E-state index contributed by atoms with van der Waals surface area (Å²) in [6, 6.07) is 23.2. The number of nitrogens with one attached hydrogen (secondary N) is 1. The predicted octanol–water partition coefficient (Wildman–Crippen LogP) is 6.35. The molecule has 2 amide bonds. The molecule has 5 aromatic rings. The van der Waals surface area contributed by atoms with E-state index in [9.17, 15) is 9.59 Å². The van der Waals surface area contributed by atoms with E-state index < -0.39 is 0 Å². The number of carbonyl (C=O) groups excluding carboxylic acids is 2. The van der Waals surface area contributed by atoms with Crippen LogP contribution in [0, 0.1) is 0 Å². The van der Waals surface area contributed by atoms with E-state index in [4.69, 9.17) is 9.15 Å². The van der Waals surface area contributed by atoms with E-state index in [1.807, 2.05) is 54.6 Å². The fraction of sp³-hybridized carbons (Fsp3) is 0.273. The number of amides is 2. The molecular weight excluding hydrogens is 530 g/mol. The molecule has 1 fully saturated rings. The Kier molecular flexibility index (Phi) is 8.09. The summed E-state index contributed by atoms with van der Waals surface area (Å²) < 4.78 is 11.7. The zero-order chi connectivity index (χ0) is 28.9. The van der Waals surface area contributed by atoms with Crippen molar-refractivity contribution in [2.75, 3.05) is 38.1 Å². The molecule has 1 N–H and O–H groups in total. The van der Waals surface area contributed by atoms with Crippen LogP contribution in [0.3, 0.4) is 0 Å². The van der Waals surface area contributed by atoms with Crippen LogP contribution in [0.1, 0.15) is 35.8 Å². The van der Waals surface area contributed by atoms with Gasteiger partial charge in [-0.2, -0.15) is 0 Å². The van der Waals surface area contributed by atoms with Crippen LogP contribution < -0.4 is 5.32 Å². The van der Waals surface area contributed by atoms with Crippen LogP contribution in [0.2, 0.25) is 0 Å². The zero-order valence-corrected chi connectivity index (χ0v) is 23.6. The Morgan fingerprint density at radius 3 is 2.57 bits per heavy atom. The second-order valence-electron chi connectivity index (χ2n) is 10.5. The highest BCUT2D eigenvalue weighted by atomic mass is 16.6. The molecule has 3 heterocycles. The number of fused-ring (bicyclic) bond motifs is 2. The third-order valence-corrected chi connectivity index (χ3v) is 7.47. The second kappa shape index (κ2) is 12.4. The van der Waals surface area contributed by atoms with Crippen molar-refractivity contribution in [3.05, 3.63) is 90.3 Å². The molecule has 214 valence electrons. The van der Waals surface area contributed by atoms with E-state index in [0.29, 0.717) is 36.7 Å². The quantitative estimate of drug-likeness (QED) is 0.220. The van der Waals surface area contributed by atoms with E-state index in [1.165, 1.54) is 6.20 Å². The van der Waals surface area contributed by atoms with E-state index in [0.717, 1.165) is 60.1 Å². The molecule has 0 bridgehead atoms. The Bertz CT molecular complexity index is 1720. The van der Waals surface area contributed by atoms with Gasteiger partial charge in [0.15, 0.2) is 0 Å². The van der Waals surface area contributed by atoms with Gasteiger partial charge in [0.25, 0.3) is 5.91 Å². The normalized spacial score (nSPS) is 13.9. The van der Waals surface area contributed by atoms with Crippen LogP contribution in [0.25, 0.3) is 33.3 Å². The second-order valence-corrected chi connectivity index (χ2v) is 10.5. The Balaban J connectivity index is 1.13. The van der Waals surface area contributed by atoms with Crippen molar-refractivity contribution < 1.29 is 18.7 Å². The summed E-state index contributed by atoms with van der Waals surface area (Å²) in [5.74, 6) is 0.325. The summed E-state index contributed by atoms with van der Waals surface area (Å²) >= 11 is 0. The van der Waals surface area contributed by atoms with Gasteiger partial charge in [-0.05, 0) is 48.4 Å². The molecule has 1 aliphatic rings. The topological polar surface area (TPSA) is 101 Å². The van der Waals surface area contributed by atoms with Crippen LogP contribution in [-0.4, -0.2) is 64.6 Å². The van der Waals surface area contributed by atoms with Gasteiger partial charge < -0.3 is 19.4 Å². The smallest absolute Gasteiger partial charge is 0.409 e. The maximum Gasteiger partial charge on any atom is 0.409 e. The molecule has 0 saturated carbocycles. The minimum Gasteiger partial charge on any atom is -0.456 e. The molecule has 42 heavy (non-hydrogen) atoms. The molecule has 3 aromatic carbocycles. The van der Waals surface area contributed by atoms with Gasteiger partial charge in [-0.1, -0.05) is 49.7 Å². The lowest BCUT2D eigenvalue weighted by Gasteiger charge is -2.34. The number of unbranched alkanes of at least 4 members (excludes halogenated alkanes) is 1. The van der Waals surface area contributed by atoms with Gasteiger partial charge in [0.05, 0.1) is 29.5 Å². The van der Waals surface area contributed by atoms with E-state index >= 15 is 0 Å². The summed E-state index contributed by atoms with van der Waals surface area (Å²) in [6.45, 7) is 6.23. The molecule has 0 aliphatic carbocycles.